The Morgan fingerprint density at radius 1 is 0.495 bits per heavy atom. The van der Waals surface area contributed by atoms with Crippen molar-refractivity contribution in [3.05, 3.63) is 0 Å². The van der Waals surface area contributed by atoms with E-state index in [-0.39, 0.29) is 74.3 Å². The molecule has 14 atom stereocenters. The third kappa shape index (κ3) is 24.0. The Balaban J connectivity index is 3.03. The Morgan fingerprint density at radius 2 is 0.925 bits per heavy atom. The maximum atomic E-state index is 15.3. The lowest BCUT2D eigenvalue weighted by atomic mass is 9.91. The number of amides is 10. The zero-order valence-electron chi connectivity index (χ0n) is 60.5. The van der Waals surface area contributed by atoms with Gasteiger partial charge < -0.3 is 70.7 Å². The third-order valence-electron chi connectivity index (χ3n) is 17.9. The van der Waals surface area contributed by atoms with E-state index in [2.05, 4.69) is 26.2 Å². The van der Waals surface area contributed by atoms with E-state index < -0.39 is 162 Å². The number of likely N-dealkylation sites (N-methyl/N-ethyl adjacent to an activating group) is 6. The first-order chi connectivity index (χ1) is 43.0. The van der Waals surface area contributed by atoms with Crippen LogP contribution in [0.25, 0.3) is 0 Å². The monoisotopic (exact) mass is 1320 g/mol. The summed E-state index contributed by atoms with van der Waals surface area (Å²) in [4.78, 5) is 171. The van der Waals surface area contributed by atoms with E-state index in [0.717, 1.165) is 27.5 Å². The number of carbonyl (C=O) groups is 11. The predicted octanol–water partition coefficient (Wildman–Crippen LogP) is 2.23. The molecule has 0 aromatic rings. The van der Waals surface area contributed by atoms with Gasteiger partial charge in [-0.2, -0.15) is 0 Å². The summed E-state index contributed by atoms with van der Waals surface area (Å²) in [6.07, 6.45) is -2.33. The first kappa shape index (κ1) is 83.1. The fraction of sp³-hybridized carbons (Fsp3) is 0.836. The second kappa shape index (κ2) is 37.9. The van der Waals surface area contributed by atoms with Crippen LogP contribution in [0.1, 0.15) is 169 Å². The van der Waals surface area contributed by atoms with Gasteiger partial charge in [-0.15, -0.1) is 0 Å². The minimum absolute atomic E-state index is 0.0697. The van der Waals surface area contributed by atoms with Gasteiger partial charge in [0.25, 0.3) is 5.91 Å². The van der Waals surface area contributed by atoms with Gasteiger partial charge in [0.05, 0.1) is 25.4 Å². The molecule has 0 aromatic heterocycles. The number of hydrogen-bond donors (Lipinski definition) is 7. The Labute approximate surface area is 555 Å². The van der Waals surface area contributed by atoms with E-state index in [9.17, 15) is 53.7 Å². The van der Waals surface area contributed by atoms with Gasteiger partial charge in [0, 0.05) is 48.3 Å². The molecule has 10 amide bonds. The molecule has 0 aliphatic carbocycles. The van der Waals surface area contributed by atoms with E-state index in [4.69, 9.17) is 4.74 Å². The molecule has 0 radical (unpaired) electrons. The Hall–Kier alpha value is -5.99. The quantitative estimate of drug-likeness (QED) is 0.0912. The number of ether oxygens (including phenoxy) is 1. The lowest BCUT2D eigenvalue weighted by Crippen LogP contribution is -2.64. The molecule has 2 saturated heterocycles. The maximum Gasteiger partial charge on any atom is 0.329 e. The number of rotatable bonds is 19. The number of aliphatic hydroxyl groups excluding tert-OH is 3. The fourth-order valence-electron chi connectivity index (χ4n) is 12.3. The molecule has 93 heavy (non-hydrogen) atoms. The summed E-state index contributed by atoms with van der Waals surface area (Å²) >= 11 is 0. The normalized spacial score (nSPS) is 27.7. The van der Waals surface area contributed by atoms with Crippen LogP contribution in [0.4, 0.5) is 0 Å². The molecule has 2 heterocycles. The molecule has 0 aromatic carbocycles. The van der Waals surface area contributed by atoms with Crippen molar-refractivity contribution in [3.63, 3.8) is 0 Å². The molecule has 26 nitrogen and oxygen atoms in total. The summed E-state index contributed by atoms with van der Waals surface area (Å²) in [6, 6.07) is -12.5. The molecular formula is C67H121N11O15. The maximum absolute atomic E-state index is 15.3. The average molecular weight is 1320 g/mol. The molecule has 0 spiro atoms. The molecule has 2 aliphatic rings. The highest BCUT2D eigenvalue weighted by Crippen LogP contribution is 2.26. The molecule has 2 fully saturated rings. The van der Waals surface area contributed by atoms with Crippen LogP contribution in [-0.2, 0) is 57.5 Å². The molecular weight excluding hydrogens is 1200 g/mol. The minimum Gasteiger partial charge on any atom is -0.450 e. The Bertz CT molecular complexity index is 2510. The van der Waals surface area contributed by atoms with Crippen LogP contribution in [0.2, 0.25) is 0 Å². The predicted molar refractivity (Wildman–Crippen MR) is 354 cm³/mol. The van der Waals surface area contributed by atoms with E-state index in [0.29, 0.717) is 19.5 Å². The third-order valence-corrected chi connectivity index (χ3v) is 17.9. The second-order valence-electron chi connectivity index (χ2n) is 29.3. The number of esters is 1. The van der Waals surface area contributed by atoms with Crippen molar-refractivity contribution in [1.29, 1.82) is 0 Å². The Kier molecular flexibility index (Phi) is 33.9. The lowest BCUT2D eigenvalue weighted by Gasteiger charge is -2.40. The van der Waals surface area contributed by atoms with Gasteiger partial charge in [0.2, 0.25) is 53.2 Å². The van der Waals surface area contributed by atoms with Crippen molar-refractivity contribution in [2.24, 2.45) is 47.3 Å². The van der Waals surface area contributed by atoms with Gasteiger partial charge in [0.1, 0.15) is 54.4 Å². The van der Waals surface area contributed by atoms with E-state index in [1.165, 1.54) is 70.8 Å². The highest BCUT2D eigenvalue weighted by molar-refractivity contribution is 5.99. The van der Waals surface area contributed by atoms with Crippen LogP contribution >= 0.6 is 0 Å². The highest BCUT2D eigenvalue weighted by Gasteiger charge is 2.46. The van der Waals surface area contributed by atoms with Crippen molar-refractivity contribution in [2.45, 2.75) is 248 Å². The number of hydrogen-bond acceptors (Lipinski definition) is 16. The van der Waals surface area contributed by atoms with Crippen molar-refractivity contribution in [1.82, 2.24) is 55.6 Å². The molecule has 534 valence electrons. The number of likely N-dealkylation sites (tertiary alicyclic amines) is 1. The summed E-state index contributed by atoms with van der Waals surface area (Å²) in [5.74, 6) is -11.7. The zero-order chi connectivity index (χ0) is 71.5. The van der Waals surface area contributed by atoms with Gasteiger partial charge in [-0.25, -0.2) is 4.79 Å². The van der Waals surface area contributed by atoms with Gasteiger partial charge >= 0.3 is 5.97 Å². The topological polar surface area (TPSA) is 328 Å². The lowest BCUT2D eigenvalue weighted by molar-refractivity contribution is -0.166. The smallest absolute Gasteiger partial charge is 0.329 e. The second-order valence-corrected chi connectivity index (χ2v) is 29.3. The molecule has 0 unspecified atom stereocenters. The Morgan fingerprint density at radius 3 is 1.35 bits per heavy atom. The summed E-state index contributed by atoms with van der Waals surface area (Å²) < 4.78 is 5.91. The van der Waals surface area contributed by atoms with Crippen LogP contribution in [0.15, 0.2) is 0 Å². The largest absolute Gasteiger partial charge is 0.450 e. The average Bonchev–Trinajstić information content (AvgIpc) is 1.45. The van der Waals surface area contributed by atoms with Crippen LogP contribution in [0.5, 0.6) is 0 Å². The molecule has 0 saturated carbocycles. The number of nitrogens with one attached hydrogen (secondary N) is 4. The van der Waals surface area contributed by atoms with E-state index in [1.54, 1.807) is 34.6 Å². The van der Waals surface area contributed by atoms with Crippen LogP contribution in [0, 0.1) is 47.3 Å². The van der Waals surface area contributed by atoms with Gasteiger partial charge in [-0.1, -0.05) is 104 Å². The molecule has 26 heteroatoms. The molecule has 0 bridgehead atoms. The minimum atomic E-state index is -1.78. The SMILES string of the molecule is CC(C)C[C@@H]1NC(=O)[C@H](CC(C)C)N(C)C(=O)CN(C)C(=O)[C@H]([C@@H](C)O)NC(=O)[C@H]([C@H](O)[C@H](C)CCN2CCC[C@H]2CO)N(C)C(=O)[C@H](C(C)C)N(C)C(=O)[C@@H](CC(C)C)NC(=O)[C@H](CC(C)C)N(C)C(=O)[C@@H](C(C)C)OC(=O)[C@H](C)NC(=O)[C@H](CC(C)C)N(C)C1=O. The summed E-state index contributed by atoms with van der Waals surface area (Å²) in [5, 5.41) is 44.8. The van der Waals surface area contributed by atoms with Crippen molar-refractivity contribution < 1.29 is 72.8 Å². The van der Waals surface area contributed by atoms with Crippen LogP contribution in [-0.4, -0.2) is 262 Å². The van der Waals surface area contributed by atoms with Crippen molar-refractivity contribution in [2.75, 3.05) is 68.5 Å². The molecule has 2 aliphatic heterocycles. The van der Waals surface area contributed by atoms with Crippen molar-refractivity contribution in [3.8, 4) is 0 Å². The standard InChI is InChI=1S/C67H121N11O15/c1-36(2)29-47-62(87)74(20)50(32-39(7)8)58(83)68-44(16)67(92)93-57(42(13)14)66(91)75(21)51(33-40(9)10)60(85)70-48(30-37(3)4)63(88)76(22)54(41(11)12)65(90)77(23)55(56(82)43(15)26-28-78-27-24-25-46(78)35-79)61(86)71-53(45(17)80)64(89)72(18)34-52(81)73(19)49(31-38(5)6)59(84)69-47/h36-51,53-57,79-80,82H,24-35H2,1-23H3,(H,68,83)(H,69,84)(H,70,85)(H,71,86)/t43-,44+,45-,46+,47+,48-,49+,50+,51+,53+,54+,55+,56-,57-/m1/s1. The first-order valence-corrected chi connectivity index (χ1v) is 33.7. The number of carbonyl (C=O) groups excluding carboxylic acids is 11. The van der Waals surface area contributed by atoms with E-state index >= 15 is 14.4 Å². The van der Waals surface area contributed by atoms with Crippen LogP contribution in [0.3, 0.4) is 0 Å². The van der Waals surface area contributed by atoms with Gasteiger partial charge in [0.15, 0.2) is 6.10 Å². The molecule has 2 rings (SSSR count). The van der Waals surface area contributed by atoms with E-state index in [1.807, 2.05) is 69.2 Å². The fourth-order valence-corrected chi connectivity index (χ4v) is 12.3. The number of cyclic esters (lactones) is 1. The highest BCUT2D eigenvalue weighted by atomic mass is 16.6. The number of nitrogens with zero attached hydrogens (tertiary/aromatic N) is 7. The van der Waals surface area contributed by atoms with Crippen LogP contribution < -0.4 is 21.3 Å². The molecule has 7 N–H and O–H groups in total. The summed E-state index contributed by atoms with van der Waals surface area (Å²) in [6.45, 7) is 29.8. The number of aliphatic hydroxyl groups is 3. The first-order valence-electron chi connectivity index (χ1n) is 33.7. The zero-order valence-corrected chi connectivity index (χ0v) is 60.5. The summed E-state index contributed by atoms with van der Waals surface area (Å²) in [5.41, 5.74) is 0. The van der Waals surface area contributed by atoms with Gasteiger partial charge in [-0.05, 0) is 126 Å². The van der Waals surface area contributed by atoms with Crippen molar-refractivity contribution >= 4 is 65.0 Å². The summed E-state index contributed by atoms with van der Waals surface area (Å²) in [7, 11) is 8.13. The van der Waals surface area contributed by atoms with Gasteiger partial charge in [-0.3, -0.25) is 52.8 Å².